The van der Waals surface area contributed by atoms with Gasteiger partial charge in [-0.15, -0.1) is 0 Å². The molecule has 0 saturated heterocycles. The molecular formula is C18H15F2IN2O3. The van der Waals surface area contributed by atoms with Crippen LogP contribution in [0.2, 0.25) is 0 Å². The van der Waals surface area contributed by atoms with Gasteiger partial charge in [0.15, 0.2) is 6.61 Å². The third-order valence-electron chi connectivity index (χ3n) is 3.69. The van der Waals surface area contributed by atoms with E-state index in [-0.39, 0.29) is 27.7 Å². The highest BCUT2D eigenvalue weighted by molar-refractivity contribution is 14.1. The lowest BCUT2D eigenvalue weighted by Crippen LogP contribution is -2.20. The van der Waals surface area contributed by atoms with E-state index in [0.29, 0.717) is 11.4 Å². The Hall–Kier alpha value is -2.23. The van der Waals surface area contributed by atoms with E-state index in [9.17, 15) is 18.4 Å². The Balaban J connectivity index is 1.55. The van der Waals surface area contributed by atoms with Crippen molar-refractivity contribution < 1.29 is 23.1 Å². The summed E-state index contributed by atoms with van der Waals surface area (Å²) in [5, 5.41) is 5.16. The zero-order valence-corrected chi connectivity index (χ0v) is 15.7. The van der Waals surface area contributed by atoms with Gasteiger partial charge >= 0.3 is 0 Å². The van der Waals surface area contributed by atoms with Crippen molar-refractivity contribution in [1.29, 1.82) is 0 Å². The van der Waals surface area contributed by atoms with Crippen LogP contribution in [0.1, 0.15) is 12.8 Å². The number of amides is 2. The van der Waals surface area contributed by atoms with Gasteiger partial charge in [-0.3, -0.25) is 9.59 Å². The second-order valence-electron chi connectivity index (χ2n) is 5.88. The average molecular weight is 472 g/mol. The molecule has 0 spiro atoms. The highest BCUT2D eigenvalue weighted by Gasteiger charge is 2.29. The number of benzene rings is 2. The molecule has 26 heavy (non-hydrogen) atoms. The Bertz CT molecular complexity index is 833. The summed E-state index contributed by atoms with van der Waals surface area (Å²) in [7, 11) is 0. The SMILES string of the molecule is O=C(COc1cccc(NC(=O)C2CC2)c1)Nc1cc(F)c(I)c(F)c1. The van der Waals surface area contributed by atoms with Crippen molar-refractivity contribution >= 4 is 45.8 Å². The molecule has 0 radical (unpaired) electrons. The largest absolute Gasteiger partial charge is 0.484 e. The van der Waals surface area contributed by atoms with Crippen LogP contribution in [0.4, 0.5) is 20.2 Å². The van der Waals surface area contributed by atoms with Crippen molar-refractivity contribution in [2.24, 2.45) is 5.92 Å². The van der Waals surface area contributed by atoms with E-state index in [1.807, 2.05) is 0 Å². The Morgan fingerprint density at radius 3 is 2.42 bits per heavy atom. The number of rotatable bonds is 6. The van der Waals surface area contributed by atoms with E-state index in [1.165, 1.54) is 0 Å². The van der Waals surface area contributed by atoms with E-state index in [4.69, 9.17) is 4.74 Å². The Morgan fingerprint density at radius 1 is 1.08 bits per heavy atom. The van der Waals surface area contributed by atoms with Crippen LogP contribution in [-0.2, 0) is 9.59 Å². The number of halogens is 3. The summed E-state index contributed by atoms with van der Waals surface area (Å²) >= 11 is 1.55. The van der Waals surface area contributed by atoms with Crippen molar-refractivity contribution in [3.05, 3.63) is 51.6 Å². The number of carbonyl (C=O) groups excluding carboxylic acids is 2. The van der Waals surface area contributed by atoms with E-state index < -0.39 is 17.5 Å². The molecule has 2 amide bonds. The predicted molar refractivity (Wildman–Crippen MR) is 101 cm³/mol. The smallest absolute Gasteiger partial charge is 0.262 e. The van der Waals surface area contributed by atoms with E-state index in [2.05, 4.69) is 10.6 Å². The number of ether oxygens (including phenoxy) is 1. The molecule has 3 rings (SSSR count). The van der Waals surface area contributed by atoms with Gasteiger partial charge in [-0.2, -0.15) is 0 Å². The van der Waals surface area contributed by atoms with Crippen LogP contribution < -0.4 is 15.4 Å². The standard InChI is InChI=1S/C18H15F2IN2O3/c19-14-7-12(8-15(20)17(14)21)22-16(24)9-26-13-3-1-2-11(6-13)23-18(25)10-4-5-10/h1-3,6-8,10H,4-5,9H2,(H,22,24)(H,23,25). The summed E-state index contributed by atoms with van der Waals surface area (Å²) in [5.74, 6) is -1.60. The van der Waals surface area contributed by atoms with Crippen LogP contribution >= 0.6 is 22.6 Å². The number of hydrogen-bond acceptors (Lipinski definition) is 3. The minimum Gasteiger partial charge on any atom is -0.484 e. The lowest BCUT2D eigenvalue weighted by Gasteiger charge is -2.10. The molecule has 1 aliphatic rings. The van der Waals surface area contributed by atoms with Gasteiger partial charge in [0.2, 0.25) is 5.91 Å². The summed E-state index contributed by atoms with van der Waals surface area (Å²) in [6, 6.07) is 8.75. The fourth-order valence-corrected chi connectivity index (χ4v) is 2.54. The van der Waals surface area contributed by atoms with Gasteiger partial charge < -0.3 is 15.4 Å². The molecule has 2 aromatic rings. The Labute approximate surface area is 162 Å². The van der Waals surface area contributed by atoms with Crippen molar-refractivity contribution in [3.63, 3.8) is 0 Å². The van der Waals surface area contributed by atoms with Crippen molar-refractivity contribution in [1.82, 2.24) is 0 Å². The van der Waals surface area contributed by atoms with Crippen LogP contribution in [0.25, 0.3) is 0 Å². The molecule has 2 N–H and O–H groups in total. The fourth-order valence-electron chi connectivity index (χ4n) is 2.23. The van der Waals surface area contributed by atoms with Gasteiger partial charge in [-0.25, -0.2) is 8.78 Å². The highest BCUT2D eigenvalue weighted by atomic mass is 127. The number of anilines is 2. The van der Waals surface area contributed by atoms with E-state index in [1.54, 1.807) is 46.9 Å². The maximum absolute atomic E-state index is 13.5. The van der Waals surface area contributed by atoms with Crippen LogP contribution in [0, 0.1) is 21.1 Å². The first kappa shape index (κ1) is 18.6. The van der Waals surface area contributed by atoms with Gasteiger partial charge in [0.1, 0.15) is 17.4 Å². The Kier molecular flexibility index (Phi) is 5.70. The molecule has 1 fully saturated rings. The lowest BCUT2D eigenvalue weighted by atomic mass is 10.3. The van der Waals surface area contributed by atoms with Crippen molar-refractivity contribution in [2.45, 2.75) is 12.8 Å². The molecule has 136 valence electrons. The zero-order chi connectivity index (χ0) is 18.7. The number of hydrogen-bond donors (Lipinski definition) is 2. The minimum atomic E-state index is -0.749. The third-order valence-corrected chi connectivity index (χ3v) is 4.72. The van der Waals surface area contributed by atoms with Crippen molar-refractivity contribution in [3.8, 4) is 5.75 Å². The topological polar surface area (TPSA) is 67.4 Å². The maximum Gasteiger partial charge on any atom is 0.262 e. The first-order valence-electron chi connectivity index (χ1n) is 7.90. The molecule has 0 unspecified atom stereocenters. The lowest BCUT2D eigenvalue weighted by molar-refractivity contribution is -0.118. The summed E-state index contributed by atoms with van der Waals surface area (Å²) in [6.07, 6.45) is 1.81. The number of carbonyl (C=O) groups is 2. The van der Waals surface area contributed by atoms with Crippen molar-refractivity contribution in [2.75, 3.05) is 17.2 Å². The summed E-state index contributed by atoms with van der Waals surface area (Å²) in [6.45, 7) is -0.338. The molecule has 1 aliphatic carbocycles. The second-order valence-corrected chi connectivity index (χ2v) is 6.96. The molecule has 0 heterocycles. The van der Waals surface area contributed by atoms with Crippen LogP contribution in [0.5, 0.6) is 5.75 Å². The molecule has 0 atom stereocenters. The average Bonchev–Trinajstić information content (AvgIpc) is 3.43. The predicted octanol–water partition coefficient (Wildman–Crippen LogP) is 3.94. The summed E-state index contributed by atoms with van der Waals surface area (Å²) < 4.78 is 32.2. The highest BCUT2D eigenvalue weighted by Crippen LogP contribution is 2.30. The third kappa shape index (κ3) is 4.90. The Morgan fingerprint density at radius 2 is 1.77 bits per heavy atom. The monoisotopic (exact) mass is 472 g/mol. The quantitative estimate of drug-likeness (QED) is 0.495. The summed E-state index contributed by atoms with van der Waals surface area (Å²) in [4.78, 5) is 23.7. The first-order chi connectivity index (χ1) is 12.4. The molecule has 0 aromatic heterocycles. The van der Waals surface area contributed by atoms with Gasteiger partial charge in [0, 0.05) is 23.4 Å². The van der Waals surface area contributed by atoms with Crippen LogP contribution in [0.3, 0.4) is 0 Å². The van der Waals surface area contributed by atoms with Crippen LogP contribution in [0.15, 0.2) is 36.4 Å². The molecule has 2 aromatic carbocycles. The van der Waals surface area contributed by atoms with E-state index >= 15 is 0 Å². The molecule has 0 aliphatic heterocycles. The van der Waals surface area contributed by atoms with Gasteiger partial charge in [-0.1, -0.05) is 6.07 Å². The summed E-state index contributed by atoms with van der Waals surface area (Å²) in [5.41, 5.74) is 0.598. The normalized spacial score (nSPS) is 13.2. The van der Waals surface area contributed by atoms with E-state index in [0.717, 1.165) is 25.0 Å². The second kappa shape index (κ2) is 7.98. The molecule has 1 saturated carbocycles. The molecule has 0 bridgehead atoms. The minimum absolute atomic E-state index is 0.0134. The fraction of sp³-hybridized carbons (Fsp3) is 0.222. The van der Waals surface area contributed by atoms with Gasteiger partial charge in [-0.05, 0) is 59.7 Å². The number of nitrogens with one attached hydrogen (secondary N) is 2. The maximum atomic E-state index is 13.5. The molecular weight excluding hydrogens is 457 g/mol. The molecule has 5 nitrogen and oxygen atoms in total. The van der Waals surface area contributed by atoms with Gasteiger partial charge in [0.05, 0.1) is 3.57 Å². The van der Waals surface area contributed by atoms with Gasteiger partial charge in [0.25, 0.3) is 5.91 Å². The molecule has 8 heteroatoms. The van der Waals surface area contributed by atoms with Crippen LogP contribution in [-0.4, -0.2) is 18.4 Å². The first-order valence-corrected chi connectivity index (χ1v) is 8.98. The zero-order valence-electron chi connectivity index (χ0n) is 13.5.